The van der Waals surface area contributed by atoms with Crippen molar-refractivity contribution in [1.82, 2.24) is 14.8 Å². The summed E-state index contributed by atoms with van der Waals surface area (Å²) in [6, 6.07) is 3.57. The lowest BCUT2D eigenvalue weighted by atomic mass is 10.1. The van der Waals surface area contributed by atoms with Crippen LogP contribution in [0.15, 0.2) is 16.5 Å². The number of nitrogens with zero attached hydrogens (tertiary/aromatic N) is 3. The molecule has 1 atom stereocenters. The van der Waals surface area contributed by atoms with Crippen LogP contribution in [0.5, 0.6) is 0 Å². The summed E-state index contributed by atoms with van der Waals surface area (Å²) in [5, 5.41) is 13.3. The van der Waals surface area contributed by atoms with E-state index >= 15 is 0 Å². The number of ether oxygens (including phenoxy) is 2. The lowest BCUT2D eigenvalue weighted by molar-refractivity contribution is -0.138. The molecular formula is C16H21N3O5. The smallest absolute Gasteiger partial charge is 0.325 e. The molecule has 1 aliphatic rings. The second kappa shape index (κ2) is 7.59. The van der Waals surface area contributed by atoms with E-state index in [4.69, 9.17) is 19.0 Å². The number of carboxylic acid groups (broad SMARTS) is 1. The van der Waals surface area contributed by atoms with Gasteiger partial charge in [0.25, 0.3) is 0 Å². The molecule has 8 nitrogen and oxygen atoms in total. The minimum atomic E-state index is -0.987. The zero-order valence-corrected chi connectivity index (χ0v) is 13.6. The number of carboxylic acids is 1. The van der Waals surface area contributed by atoms with Crippen LogP contribution in [0.2, 0.25) is 0 Å². The molecule has 130 valence electrons. The van der Waals surface area contributed by atoms with Gasteiger partial charge in [-0.2, -0.15) is 0 Å². The number of aliphatic carboxylic acids is 1. The highest BCUT2D eigenvalue weighted by Gasteiger charge is 2.18. The van der Waals surface area contributed by atoms with Gasteiger partial charge in [0, 0.05) is 6.61 Å². The van der Waals surface area contributed by atoms with Crippen LogP contribution in [0.3, 0.4) is 0 Å². The molecule has 3 heterocycles. The predicted molar refractivity (Wildman–Crippen MR) is 83.3 cm³/mol. The minimum absolute atomic E-state index is 0.0989. The third-order valence-electron chi connectivity index (χ3n) is 3.80. The molecule has 8 heteroatoms. The van der Waals surface area contributed by atoms with Crippen molar-refractivity contribution in [2.75, 3.05) is 13.2 Å². The third kappa shape index (κ3) is 4.21. The standard InChI is InChI=1S/C16H21N3O5/c1-11-5-6-13(24-11)16-17-14(19(18-16)8-15(20)21)10-22-9-12-4-2-3-7-23-12/h5-6,12H,2-4,7-10H2,1H3,(H,20,21). The van der Waals surface area contributed by atoms with Crippen LogP contribution in [-0.4, -0.2) is 45.2 Å². The second-order valence-electron chi connectivity index (χ2n) is 5.82. The summed E-state index contributed by atoms with van der Waals surface area (Å²) in [6.45, 7) is 2.97. The number of furan rings is 1. The average Bonchev–Trinajstić information content (AvgIpc) is 3.15. The van der Waals surface area contributed by atoms with E-state index < -0.39 is 5.97 Å². The van der Waals surface area contributed by atoms with E-state index in [1.165, 1.54) is 4.68 Å². The Morgan fingerprint density at radius 3 is 3.00 bits per heavy atom. The van der Waals surface area contributed by atoms with Crippen molar-refractivity contribution in [3.05, 3.63) is 23.7 Å². The van der Waals surface area contributed by atoms with Gasteiger partial charge in [-0.05, 0) is 38.3 Å². The van der Waals surface area contributed by atoms with Crippen molar-refractivity contribution in [1.29, 1.82) is 0 Å². The number of aromatic nitrogens is 3. The van der Waals surface area contributed by atoms with Gasteiger partial charge in [0.2, 0.25) is 5.82 Å². The van der Waals surface area contributed by atoms with E-state index in [0.717, 1.165) is 31.6 Å². The summed E-state index contributed by atoms with van der Waals surface area (Å²) in [5.41, 5.74) is 0. The highest BCUT2D eigenvalue weighted by Crippen LogP contribution is 2.19. The van der Waals surface area contributed by atoms with E-state index in [1.807, 2.05) is 13.0 Å². The van der Waals surface area contributed by atoms with E-state index in [2.05, 4.69) is 10.1 Å². The van der Waals surface area contributed by atoms with Gasteiger partial charge in [-0.1, -0.05) is 0 Å². The Morgan fingerprint density at radius 2 is 2.33 bits per heavy atom. The zero-order chi connectivity index (χ0) is 16.9. The quantitative estimate of drug-likeness (QED) is 0.826. The fourth-order valence-electron chi connectivity index (χ4n) is 2.62. The number of hydrogen-bond acceptors (Lipinski definition) is 6. The Labute approximate surface area is 139 Å². The van der Waals surface area contributed by atoms with Gasteiger partial charge in [-0.3, -0.25) is 4.79 Å². The number of rotatable bonds is 7. The van der Waals surface area contributed by atoms with Crippen LogP contribution in [0, 0.1) is 6.92 Å². The van der Waals surface area contributed by atoms with E-state index in [0.29, 0.717) is 24.0 Å². The summed E-state index contributed by atoms with van der Waals surface area (Å²) >= 11 is 0. The zero-order valence-electron chi connectivity index (χ0n) is 13.6. The fraction of sp³-hybridized carbons (Fsp3) is 0.562. The van der Waals surface area contributed by atoms with Crippen molar-refractivity contribution >= 4 is 5.97 Å². The van der Waals surface area contributed by atoms with E-state index in [1.54, 1.807) is 6.07 Å². The fourth-order valence-corrected chi connectivity index (χ4v) is 2.62. The molecule has 2 aromatic rings. The van der Waals surface area contributed by atoms with Gasteiger partial charge in [-0.25, -0.2) is 9.67 Å². The first-order valence-corrected chi connectivity index (χ1v) is 8.03. The van der Waals surface area contributed by atoms with Crippen molar-refractivity contribution in [2.45, 2.75) is 45.4 Å². The Bertz CT molecular complexity index is 688. The Kier molecular flexibility index (Phi) is 5.27. The molecule has 0 aliphatic carbocycles. The van der Waals surface area contributed by atoms with Crippen molar-refractivity contribution in [3.8, 4) is 11.6 Å². The van der Waals surface area contributed by atoms with Crippen molar-refractivity contribution in [2.24, 2.45) is 0 Å². The van der Waals surface area contributed by atoms with Crippen LogP contribution in [-0.2, 0) is 27.4 Å². The summed E-state index contributed by atoms with van der Waals surface area (Å²) in [7, 11) is 0. The summed E-state index contributed by atoms with van der Waals surface area (Å²) in [4.78, 5) is 15.4. The number of hydrogen-bond donors (Lipinski definition) is 1. The van der Waals surface area contributed by atoms with E-state index in [9.17, 15) is 4.79 Å². The Balaban J connectivity index is 1.67. The summed E-state index contributed by atoms with van der Waals surface area (Å²) in [5.74, 6) is 1.08. The molecule has 0 saturated carbocycles. The van der Waals surface area contributed by atoms with Gasteiger partial charge in [0.1, 0.15) is 18.9 Å². The first-order valence-electron chi connectivity index (χ1n) is 8.03. The highest BCUT2D eigenvalue weighted by atomic mass is 16.5. The molecule has 24 heavy (non-hydrogen) atoms. The minimum Gasteiger partial charge on any atom is -0.480 e. The summed E-state index contributed by atoms with van der Waals surface area (Å²) < 4.78 is 18.1. The Hall–Kier alpha value is -2.19. The molecule has 3 rings (SSSR count). The molecule has 0 aromatic carbocycles. The maximum atomic E-state index is 11.0. The van der Waals surface area contributed by atoms with E-state index in [-0.39, 0.29) is 19.3 Å². The second-order valence-corrected chi connectivity index (χ2v) is 5.82. The third-order valence-corrected chi connectivity index (χ3v) is 3.80. The van der Waals surface area contributed by atoms with Gasteiger partial charge in [-0.15, -0.1) is 5.10 Å². The molecule has 1 unspecified atom stereocenters. The van der Waals surface area contributed by atoms with Crippen LogP contribution >= 0.6 is 0 Å². The van der Waals surface area contributed by atoms with Crippen LogP contribution in [0.25, 0.3) is 11.6 Å². The monoisotopic (exact) mass is 335 g/mol. The summed E-state index contributed by atoms with van der Waals surface area (Å²) in [6.07, 6.45) is 3.32. The first-order chi connectivity index (χ1) is 11.6. The predicted octanol–water partition coefficient (Wildman–Crippen LogP) is 2.02. The molecule has 0 radical (unpaired) electrons. The topological polar surface area (TPSA) is 99.6 Å². The molecule has 2 aromatic heterocycles. The molecule has 0 spiro atoms. The molecule has 0 amide bonds. The highest BCUT2D eigenvalue weighted by molar-refractivity contribution is 5.66. The van der Waals surface area contributed by atoms with Crippen LogP contribution in [0.4, 0.5) is 0 Å². The number of carbonyl (C=O) groups is 1. The lowest BCUT2D eigenvalue weighted by Gasteiger charge is -2.22. The SMILES string of the molecule is Cc1ccc(-c2nc(COCC3CCCCO3)n(CC(=O)O)n2)o1. The molecule has 1 saturated heterocycles. The Morgan fingerprint density at radius 1 is 1.46 bits per heavy atom. The van der Waals surface area contributed by atoms with Crippen molar-refractivity contribution in [3.63, 3.8) is 0 Å². The molecule has 1 N–H and O–H groups in total. The average molecular weight is 335 g/mol. The first kappa shape index (κ1) is 16.7. The van der Waals surface area contributed by atoms with Gasteiger partial charge in [0.15, 0.2) is 11.6 Å². The molecule has 0 bridgehead atoms. The maximum Gasteiger partial charge on any atom is 0.325 e. The van der Waals surface area contributed by atoms with Gasteiger partial charge < -0.3 is 19.0 Å². The molecule has 1 aliphatic heterocycles. The maximum absolute atomic E-state index is 11.0. The largest absolute Gasteiger partial charge is 0.480 e. The molecule has 1 fully saturated rings. The normalized spacial score (nSPS) is 18.0. The number of aryl methyl sites for hydroxylation is 1. The van der Waals surface area contributed by atoms with Crippen molar-refractivity contribution < 1.29 is 23.8 Å². The van der Waals surface area contributed by atoms with Gasteiger partial charge in [0.05, 0.1) is 12.7 Å². The molecular weight excluding hydrogens is 314 g/mol. The lowest BCUT2D eigenvalue weighted by Crippen LogP contribution is -2.24. The van der Waals surface area contributed by atoms with Crippen LogP contribution in [0.1, 0.15) is 30.8 Å². The van der Waals surface area contributed by atoms with Crippen LogP contribution < -0.4 is 0 Å². The van der Waals surface area contributed by atoms with Gasteiger partial charge >= 0.3 is 5.97 Å².